The van der Waals surface area contributed by atoms with Gasteiger partial charge in [0.15, 0.2) is 0 Å². The molecule has 1 aromatic carbocycles. The minimum atomic E-state index is -0.110. The van der Waals surface area contributed by atoms with Crippen LogP contribution in [0.3, 0.4) is 0 Å². The van der Waals surface area contributed by atoms with Crippen molar-refractivity contribution in [3.05, 3.63) is 28.2 Å². The van der Waals surface area contributed by atoms with Crippen LogP contribution in [0, 0.1) is 0 Å². The van der Waals surface area contributed by atoms with E-state index in [0.29, 0.717) is 6.10 Å². The molecular weight excluding hydrogens is 278 g/mol. The number of halogens is 1. The highest BCUT2D eigenvalue weighted by molar-refractivity contribution is 9.10. The van der Waals surface area contributed by atoms with Gasteiger partial charge in [0.2, 0.25) is 0 Å². The Morgan fingerprint density at radius 1 is 1.24 bits per heavy atom. The zero-order chi connectivity index (χ0) is 11.9. The van der Waals surface area contributed by atoms with Crippen LogP contribution in [-0.4, -0.2) is 6.10 Å². The minimum Gasteiger partial charge on any atom is -0.489 e. The number of rotatable bonds is 3. The second-order valence-corrected chi connectivity index (χ2v) is 6.18. The Morgan fingerprint density at radius 3 is 2.53 bits per heavy atom. The molecule has 0 saturated heterocycles. The van der Waals surface area contributed by atoms with Crippen LogP contribution in [0.25, 0.3) is 0 Å². The summed E-state index contributed by atoms with van der Waals surface area (Å²) in [6.07, 6.45) is 7.51. The van der Waals surface area contributed by atoms with Crippen LogP contribution < -0.4 is 10.5 Å². The van der Waals surface area contributed by atoms with Gasteiger partial charge in [-0.1, -0.05) is 18.9 Å². The number of nitrogens with two attached hydrogens (primary N) is 1. The normalized spacial score (nSPS) is 22.7. The van der Waals surface area contributed by atoms with Gasteiger partial charge in [0, 0.05) is 5.54 Å². The molecule has 0 spiro atoms. The first-order chi connectivity index (χ1) is 8.17. The molecule has 0 atom stereocenters. The molecule has 2 fully saturated rings. The number of hydrogen-bond donors (Lipinski definition) is 1. The van der Waals surface area contributed by atoms with Gasteiger partial charge in [-0.15, -0.1) is 0 Å². The zero-order valence-electron chi connectivity index (χ0n) is 9.92. The van der Waals surface area contributed by atoms with Gasteiger partial charge in [-0.05, 0) is 59.3 Å². The van der Waals surface area contributed by atoms with Gasteiger partial charge in [-0.2, -0.15) is 0 Å². The van der Waals surface area contributed by atoms with E-state index < -0.39 is 0 Å². The molecule has 0 amide bonds. The van der Waals surface area contributed by atoms with E-state index in [1.165, 1.54) is 31.2 Å². The van der Waals surface area contributed by atoms with E-state index in [-0.39, 0.29) is 5.54 Å². The summed E-state index contributed by atoms with van der Waals surface area (Å²) in [6.45, 7) is 0. The summed E-state index contributed by atoms with van der Waals surface area (Å²) in [5, 5.41) is 0. The molecule has 0 aliphatic heterocycles. The van der Waals surface area contributed by atoms with Crippen LogP contribution in [0.2, 0.25) is 0 Å². The standard InChI is InChI=1S/C14H18BrNO/c15-12-9-10(14(16)7-1-2-8-14)3-6-13(12)17-11-4-5-11/h3,6,9,11H,1-2,4-5,7-8,16H2. The monoisotopic (exact) mass is 295 g/mol. The molecule has 0 bridgehead atoms. The van der Waals surface area contributed by atoms with Gasteiger partial charge in [0.25, 0.3) is 0 Å². The molecule has 2 N–H and O–H groups in total. The molecule has 92 valence electrons. The summed E-state index contributed by atoms with van der Waals surface area (Å²) >= 11 is 3.59. The lowest BCUT2D eigenvalue weighted by Gasteiger charge is -2.24. The fourth-order valence-electron chi connectivity index (χ4n) is 2.57. The smallest absolute Gasteiger partial charge is 0.133 e. The maximum absolute atomic E-state index is 6.45. The Bertz CT molecular complexity index is 422. The number of ether oxygens (including phenoxy) is 1. The Hall–Kier alpha value is -0.540. The molecule has 0 heterocycles. The third kappa shape index (κ3) is 2.36. The molecular formula is C14H18BrNO. The van der Waals surface area contributed by atoms with E-state index >= 15 is 0 Å². The lowest BCUT2D eigenvalue weighted by atomic mass is 9.89. The summed E-state index contributed by atoms with van der Waals surface area (Å²) < 4.78 is 6.86. The van der Waals surface area contributed by atoms with Crippen molar-refractivity contribution < 1.29 is 4.74 Å². The van der Waals surface area contributed by atoms with E-state index in [1.54, 1.807) is 0 Å². The van der Waals surface area contributed by atoms with E-state index in [0.717, 1.165) is 23.1 Å². The largest absolute Gasteiger partial charge is 0.489 e. The lowest BCUT2D eigenvalue weighted by molar-refractivity contribution is 0.301. The molecule has 2 aliphatic rings. The van der Waals surface area contributed by atoms with E-state index in [4.69, 9.17) is 10.5 Å². The summed E-state index contributed by atoms with van der Waals surface area (Å²) in [5.74, 6) is 0.956. The SMILES string of the molecule is NC1(c2ccc(OC3CC3)c(Br)c2)CCCC1. The van der Waals surface area contributed by atoms with Crippen LogP contribution in [0.4, 0.5) is 0 Å². The molecule has 0 unspecified atom stereocenters. The summed E-state index contributed by atoms with van der Waals surface area (Å²) in [4.78, 5) is 0. The lowest BCUT2D eigenvalue weighted by Crippen LogP contribution is -2.32. The Morgan fingerprint density at radius 2 is 1.94 bits per heavy atom. The van der Waals surface area contributed by atoms with Crippen molar-refractivity contribution in [2.75, 3.05) is 0 Å². The topological polar surface area (TPSA) is 35.2 Å². The Labute approximate surface area is 111 Å². The predicted molar refractivity (Wildman–Crippen MR) is 72.1 cm³/mol. The van der Waals surface area contributed by atoms with Crippen molar-refractivity contribution in [2.45, 2.75) is 50.2 Å². The molecule has 3 rings (SSSR count). The van der Waals surface area contributed by atoms with Gasteiger partial charge < -0.3 is 10.5 Å². The van der Waals surface area contributed by atoms with E-state index in [2.05, 4.69) is 34.1 Å². The third-order valence-corrected chi connectivity index (χ3v) is 4.44. The van der Waals surface area contributed by atoms with Crippen molar-refractivity contribution in [1.82, 2.24) is 0 Å². The highest BCUT2D eigenvalue weighted by Gasteiger charge is 2.32. The van der Waals surface area contributed by atoms with Crippen LogP contribution in [0.5, 0.6) is 5.75 Å². The fraction of sp³-hybridized carbons (Fsp3) is 0.571. The van der Waals surface area contributed by atoms with Crippen LogP contribution in [0.1, 0.15) is 44.1 Å². The average molecular weight is 296 g/mol. The van der Waals surface area contributed by atoms with Gasteiger partial charge in [0.05, 0.1) is 10.6 Å². The molecule has 2 nitrogen and oxygen atoms in total. The van der Waals surface area contributed by atoms with E-state index in [1.807, 2.05) is 0 Å². The predicted octanol–water partition coefficient (Wildman–Crippen LogP) is 3.72. The Balaban J connectivity index is 1.84. The zero-order valence-corrected chi connectivity index (χ0v) is 11.5. The maximum Gasteiger partial charge on any atom is 0.133 e. The fourth-order valence-corrected chi connectivity index (χ4v) is 3.04. The first-order valence-electron chi connectivity index (χ1n) is 6.43. The molecule has 17 heavy (non-hydrogen) atoms. The molecule has 2 aliphatic carbocycles. The maximum atomic E-state index is 6.45. The van der Waals surface area contributed by atoms with Crippen molar-refractivity contribution >= 4 is 15.9 Å². The molecule has 3 heteroatoms. The highest BCUT2D eigenvalue weighted by Crippen LogP contribution is 2.40. The van der Waals surface area contributed by atoms with Crippen molar-refractivity contribution in [2.24, 2.45) is 5.73 Å². The van der Waals surface area contributed by atoms with Gasteiger partial charge in [-0.25, -0.2) is 0 Å². The number of hydrogen-bond acceptors (Lipinski definition) is 2. The van der Waals surface area contributed by atoms with Crippen LogP contribution >= 0.6 is 15.9 Å². The molecule has 2 saturated carbocycles. The van der Waals surface area contributed by atoms with Crippen molar-refractivity contribution in [1.29, 1.82) is 0 Å². The van der Waals surface area contributed by atoms with E-state index in [9.17, 15) is 0 Å². The van der Waals surface area contributed by atoms with Gasteiger partial charge in [0.1, 0.15) is 5.75 Å². The number of benzene rings is 1. The molecule has 0 radical (unpaired) electrons. The van der Waals surface area contributed by atoms with Crippen molar-refractivity contribution in [3.8, 4) is 5.75 Å². The summed E-state index contributed by atoms with van der Waals surface area (Å²) in [5.41, 5.74) is 7.58. The second-order valence-electron chi connectivity index (χ2n) is 5.33. The quantitative estimate of drug-likeness (QED) is 0.922. The average Bonchev–Trinajstić information content (AvgIpc) is 3.02. The van der Waals surface area contributed by atoms with Gasteiger partial charge in [-0.3, -0.25) is 0 Å². The Kier molecular flexibility index (Phi) is 2.91. The molecule has 0 aromatic heterocycles. The van der Waals surface area contributed by atoms with Crippen LogP contribution in [-0.2, 0) is 5.54 Å². The first kappa shape index (κ1) is 11.5. The summed E-state index contributed by atoms with van der Waals surface area (Å²) in [6, 6.07) is 6.33. The van der Waals surface area contributed by atoms with Crippen molar-refractivity contribution in [3.63, 3.8) is 0 Å². The molecule has 1 aromatic rings. The first-order valence-corrected chi connectivity index (χ1v) is 7.22. The minimum absolute atomic E-state index is 0.110. The summed E-state index contributed by atoms with van der Waals surface area (Å²) in [7, 11) is 0. The third-order valence-electron chi connectivity index (χ3n) is 3.82. The van der Waals surface area contributed by atoms with Crippen LogP contribution in [0.15, 0.2) is 22.7 Å². The highest BCUT2D eigenvalue weighted by atomic mass is 79.9. The second kappa shape index (κ2) is 4.29. The van der Waals surface area contributed by atoms with Gasteiger partial charge >= 0.3 is 0 Å².